The van der Waals surface area contributed by atoms with E-state index in [1.807, 2.05) is 72.8 Å². The Balaban J connectivity index is 1.25. The Morgan fingerprint density at radius 3 is 0.897 bits per heavy atom. The van der Waals surface area contributed by atoms with E-state index in [1.165, 1.54) is 0 Å². The van der Waals surface area contributed by atoms with Gasteiger partial charge in [0.1, 0.15) is 18.3 Å². The summed E-state index contributed by atoms with van der Waals surface area (Å²) in [6.07, 6.45) is 0.366. The Labute approximate surface area is 223 Å². The second-order valence-electron chi connectivity index (χ2n) is 10.3. The van der Waals surface area contributed by atoms with E-state index in [-0.39, 0.29) is 37.9 Å². The maximum Gasteiger partial charge on any atom is 0.336 e. The maximum absolute atomic E-state index is 13.6. The van der Waals surface area contributed by atoms with Gasteiger partial charge in [0.25, 0.3) is 0 Å². The van der Waals surface area contributed by atoms with Crippen LogP contribution < -0.4 is 17.1 Å². The van der Waals surface area contributed by atoms with E-state index in [4.69, 9.17) is 14.2 Å². The molecular formula is C30H27N3O6. The molecule has 7 rings (SSSR count). The second-order valence-corrected chi connectivity index (χ2v) is 10.3. The third-order valence-electron chi connectivity index (χ3n) is 7.46. The van der Waals surface area contributed by atoms with Gasteiger partial charge in [-0.3, -0.25) is 0 Å². The zero-order valence-electron chi connectivity index (χ0n) is 21.2. The van der Waals surface area contributed by atoms with Gasteiger partial charge in [0.15, 0.2) is 0 Å². The Morgan fingerprint density at radius 1 is 0.462 bits per heavy atom. The highest BCUT2D eigenvalue weighted by atomic mass is 16.6. The van der Waals surface area contributed by atoms with E-state index in [1.54, 1.807) is 0 Å². The van der Waals surface area contributed by atoms with Crippen LogP contribution >= 0.6 is 0 Å². The minimum absolute atomic E-state index is 0.0552. The molecule has 0 spiro atoms. The van der Waals surface area contributed by atoms with Crippen molar-refractivity contribution in [2.24, 2.45) is 0 Å². The number of benzene rings is 3. The topological polar surface area (TPSA) is 104 Å². The van der Waals surface area contributed by atoms with E-state index >= 15 is 0 Å². The van der Waals surface area contributed by atoms with Crippen molar-refractivity contribution in [3.05, 3.63) is 138 Å². The molecule has 0 saturated carbocycles. The SMILES string of the molecule is O=c1n(Cc2ccc(C3CO3)cc2)c(=O)n(Cc2ccc(C3CO3)cc2)c(=O)n1Cc1ccc(C2CO2)cc1. The van der Waals surface area contributed by atoms with Gasteiger partial charge in [0, 0.05) is 0 Å². The van der Waals surface area contributed by atoms with Crippen LogP contribution in [0.2, 0.25) is 0 Å². The van der Waals surface area contributed by atoms with Crippen molar-refractivity contribution >= 4 is 0 Å². The monoisotopic (exact) mass is 525 g/mol. The molecule has 9 nitrogen and oxygen atoms in total. The van der Waals surface area contributed by atoms with Crippen molar-refractivity contribution < 1.29 is 14.2 Å². The van der Waals surface area contributed by atoms with Crippen molar-refractivity contribution in [3.63, 3.8) is 0 Å². The molecule has 0 bridgehead atoms. The average molecular weight is 526 g/mol. The lowest BCUT2D eigenvalue weighted by atomic mass is 10.1. The molecule has 1 aromatic heterocycles. The quantitative estimate of drug-likeness (QED) is 0.311. The van der Waals surface area contributed by atoms with E-state index < -0.39 is 17.1 Å². The van der Waals surface area contributed by atoms with Crippen molar-refractivity contribution in [1.82, 2.24) is 13.7 Å². The number of hydrogen-bond acceptors (Lipinski definition) is 6. The van der Waals surface area contributed by atoms with Gasteiger partial charge < -0.3 is 14.2 Å². The summed E-state index contributed by atoms with van der Waals surface area (Å²) in [5, 5.41) is 0. The first-order chi connectivity index (χ1) is 19.0. The van der Waals surface area contributed by atoms with E-state index in [0.29, 0.717) is 19.8 Å². The van der Waals surface area contributed by atoms with Gasteiger partial charge in [-0.05, 0) is 33.4 Å². The second kappa shape index (κ2) is 9.60. The Bertz CT molecular complexity index is 1460. The molecule has 3 unspecified atom stereocenters. The number of hydrogen-bond donors (Lipinski definition) is 0. The largest absolute Gasteiger partial charge is 0.368 e. The summed E-state index contributed by atoms with van der Waals surface area (Å²) in [4.78, 5) is 40.7. The molecule has 3 aliphatic rings. The number of ether oxygens (including phenoxy) is 3. The van der Waals surface area contributed by atoms with Crippen molar-refractivity contribution in [3.8, 4) is 0 Å². The molecule has 9 heteroatoms. The van der Waals surface area contributed by atoms with E-state index in [0.717, 1.165) is 47.1 Å². The van der Waals surface area contributed by atoms with Crippen molar-refractivity contribution in [2.75, 3.05) is 19.8 Å². The predicted octanol–water partition coefficient (Wildman–Crippen LogP) is 2.53. The summed E-state index contributed by atoms with van der Waals surface area (Å²) in [5.74, 6) is 0. The standard InChI is InChI=1S/C30H27N3O6/c34-28-31(13-19-1-7-22(8-2-19)25-16-37-25)29(35)33(15-21-5-11-24(12-6-21)27-18-39-27)30(36)32(28)14-20-3-9-23(10-4-20)26-17-38-26/h1-12,25-27H,13-18H2. The lowest BCUT2D eigenvalue weighted by Gasteiger charge is -2.15. The van der Waals surface area contributed by atoms with Crippen molar-refractivity contribution in [1.29, 1.82) is 0 Å². The van der Waals surface area contributed by atoms with E-state index in [9.17, 15) is 14.4 Å². The Hall–Kier alpha value is -4.05. The fourth-order valence-corrected chi connectivity index (χ4v) is 4.87. The molecule has 3 aromatic carbocycles. The number of epoxide rings is 3. The minimum atomic E-state index is -0.633. The molecule has 0 aliphatic carbocycles. The highest BCUT2D eigenvalue weighted by Crippen LogP contribution is 2.31. The Morgan fingerprint density at radius 2 is 0.692 bits per heavy atom. The number of rotatable bonds is 9. The van der Waals surface area contributed by atoms with Crippen LogP contribution in [0.1, 0.15) is 51.7 Å². The minimum Gasteiger partial charge on any atom is -0.368 e. The van der Waals surface area contributed by atoms with Gasteiger partial charge in [0.05, 0.1) is 39.5 Å². The van der Waals surface area contributed by atoms with Gasteiger partial charge in [-0.25, -0.2) is 28.1 Å². The molecule has 3 fully saturated rings. The lowest BCUT2D eigenvalue weighted by Crippen LogP contribution is -2.54. The van der Waals surface area contributed by atoms with Crippen LogP contribution in [0.25, 0.3) is 0 Å². The highest BCUT2D eigenvalue weighted by Gasteiger charge is 2.26. The molecule has 0 N–H and O–H groups in total. The molecule has 3 aliphatic heterocycles. The first-order valence-electron chi connectivity index (χ1n) is 13.1. The lowest BCUT2D eigenvalue weighted by molar-refractivity contribution is 0.415. The fraction of sp³-hybridized carbons (Fsp3) is 0.300. The number of nitrogens with zero attached hydrogens (tertiary/aromatic N) is 3. The first kappa shape index (κ1) is 24.0. The smallest absolute Gasteiger partial charge is 0.336 e. The molecule has 3 saturated heterocycles. The molecule has 198 valence electrons. The number of aromatic nitrogens is 3. The molecule has 0 radical (unpaired) electrons. The van der Waals surface area contributed by atoms with Gasteiger partial charge in [0.2, 0.25) is 0 Å². The summed E-state index contributed by atoms with van der Waals surface area (Å²) in [6.45, 7) is 2.28. The van der Waals surface area contributed by atoms with E-state index in [2.05, 4.69) is 0 Å². The van der Waals surface area contributed by atoms with Crippen molar-refractivity contribution in [2.45, 2.75) is 37.9 Å². The zero-order valence-corrected chi connectivity index (χ0v) is 21.2. The average Bonchev–Trinajstić information content (AvgIpc) is 3.81. The third kappa shape index (κ3) is 5.04. The van der Waals surface area contributed by atoms with Gasteiger partial charge in [-0.2, -0.15) is 0 Å². The van der Waals surface area contributed by atoms with Crippen LogP contribution in [-0.2, 0) is 33.8 Å². The molecular weight excluding hydrogens is 498 g/mol. The summed E-state index contributed by atoms with van der Waals surface area (Å²) < 4.78 is 19.4. The summed E-state index contributed by atoms with van der Waals surface area (Å²) in [6, 6.07) is 23.0. The van der Waals surface area contributed by atoms with Gasteiger partial charge in [-0.1, -0.05) is 72.8 Å². The summed E-state index contributed by atoms with van der Waals surface area (Å²) in [5.41, 5.74) is 3.66. The molecule has 4 heterocycles. The fourth-order valence-electron chi connectivity index (χ4n) is 4.87. The zero-order chi connectivity index (χ0) is 26.5. The molecule has 3 atom stereocenters. The van der Waals surface area contributed by atoms with Crippen LogP contribution in [0, 0.1) is 0 Å². The summed E-state index contributed by atoms with van der Waals surface area (Å²) in [7, 11) is 0. The molecule has 0 amide bonds. The maximum atomic E-state index is 13.6. The van der Waals surface area contributed by atoms with Crippen LogP contribution in [0.5, 0.6) is 0 Å². The van der Waals surface area contributed by atoms with Crippen LogP contribution in [0.15, 0.2) is 87.2 Å². The van der Waals surface area contributed by atoms with Crippen LogP contribution in [0.4, 0.5) is 0 Å². The van der Waals surface area contributed by atoms with Crippen LogP contribution in [0.3, 0.4) is 0 Å². The molecule has 4 aromatic rings. The first-order valence-corrected chi connectivity index (χ1v) is 13.1. The third-order valence-corrected chi connectivity index (χ3v) is 7.46. The molecule has 39 heavy (non-hydrogen) atoms. The van der Waals surface area contributed by atoms with Crippen LogP contribution in [-0.4, -0.2) is 33.5 Å². The van der Waals surface area contributed by atoms with Gasteiger partial charge in [-0.15, -0.1) is 0 Å². The van der Waals surface area contributed by atoms with Gasteiger partial charge >= 0.3 is 17.1 Å². The predicted molar refractivity (Wildman–Crippen MR) is 142 cm³/mol. The normalized spacial score (nSPS) is 21.1. The summed E-state index contributed by atoms with van der Waals surface area (Å²) >= 11 is 0. The Kier molecular flexibility index (Phi) is 5.92. The highest BCUT2D eigenvalue weighted by molar-refractivity contribution is 5.28.